The van der Waals surface area contributed by atoms with Crippen molar-refractivity contribution in [3.05, 3.63) is 97.2 Å². The lowest BCUT2D eigenvalue weighted by molar-refractivity contribution is -0.167. The van der Waals surface area contributed by atoms with Crippen molar-refractivity contribution in [2.45, 2.75) is 232 Å². The maximum absolute atomic E-state index is 12.8. The zero-order valence-corrected chi connectivity index (χ0v) is 40.8. The number of rotatable bonds is 45. The minimum atomic E-state index is -0.823. The number of carbonyl (C=O) groups excluding carboxylic acids is 3. The minimum Gasteiger partial charge on any atom is -0.462 e. The fourth-order valence-corrected chi connectivity index (χ4v) is 6.68. The summed E-state index contributed by atoms with van der Waals surface area (Å²) in [6.07, 6.45) is 66.8. The third-order valence-electron chi connectivity index (χ3n) is 10.5. The van der Waals surface area contributed by atoms with Gasteiger partial charge in [-0.25, -0.2) is 0 Å². The molecule has 0 aromatic rings. The SMILES string of the molecule is CC/C=C\C/C=C\C/C=C\C/C=C\CCCCC(=O)O[C@H](COC(=O)CCC/C=C\C/C=C\C/C=C\CCCCCCCC)COC(=O)CCCCCCC/C=C\CCCCCC. The van der Waals surface area contributed by atoms with Crippen molar-refractivity contribution in [3.8, 4) is 0 Å². The molecule has 0 fully saturated rings. The summed E-state index contributed by atoms with van der Waals surface area (Å²) in [5.74, 6) is -1.02. The molecule has 358 valence electrons. The van der Waals surface area contributed by atoms with Crippen LogP contribution in [0.25, 0.3) is 0 Å². The highest BCUT2D eigenvalue weighted by Gasteiger charge is 2.19. The van der Waals surface area contributed by atoms with Gasteiger partial charge in [-0.3, -0.25) is 14.4 Å². The molecular weight excluding hydrogens is 781 g/mol. The third-order valence-corrected chi connectivity index (χ3v) is 10.5. The molecule has 6 nitrogen and oxygen atoms in total. The monoisotopic (exact) mass is 875 g/mol. The molecule has 0 amide bonds. The maximum Gasteiger partial charge on any atom is 0.306 e. The summed E-state index contributed by atoms with van der Waals surface area (Å²) in [6, 6.07) is 0. The molecule has 0 radical (unpaired) electrons. The second kappa shape index (κ2) is 51.0. The van der Waals surface area contributed by atoms with Crippen LogP contribution in [0.2, 0.25) is 0 Å². The fourth-order valence-electron chi connectivity index (χ4n) is 6.68. The van der Waals surface area contributed by atoms with Gasteiger partial charge >= 0.3 is 17.9 Å². The lowest BCUT2D eigenvalue weighted by atomic mass is 10.1. The minimum absolute atomic E-state index is 0.115. The van der Waals surface area contributed by atoms with Crippen molar-refractivity contribution in [1.29, 1.82) is 0 Å². The summed E-state index contributed by atoms with van der Waals surface area (Å²) in [5, 5.41) is 0. The Morgan fingerprint density at radius 2 is 0.635 bits per heavy atom. The Morgan fingerprint density at radius 3 is 1.10 bits per heavy atom. The van der Waals surface area contributed by atoms with Gasteiger partial charge in [0, 0.05) is 19.3 Å². The van der Waals surface area contributed by atoms with Gasteiger partial charge in [0.15, 0.2) is 6.10 Å². The molecule has 63 heavy (non-hydrogen) atoms. The predicted octanol–water partition coefficient (Wildman–Crippen LogP) is 17.0. The topological polar surface area (TPSA) is 78.9 Å². The van der Waals surface area contributed by atoms with E-state index in [-0.39, 0.29) is 44.0 Å². The summed E-state index contributed by atoms with van der Waals surface area (Å²) < 4.78 is 16.7. The molecule has 0 aromatic carbocycles. The van der Waals surface area contributed by atoms with Crippen molar-refractivity contribution in [2.24, 2.45) is 0 Å². The normalized spacial score (nSPS) is 12.9. The van der Waals surface area contributed by atoms with Crippen LogP contribution in [0.5, 0.6) is 0 Å². The quantitative estimate of drug-likeness (QED) is 0.0262. The van der Waals surface area contributed by atoms with Gasteiger partial charge in [0.2, 0.25) is 0 Å². The Morgan fingerprint density at radius 1 is 0.333 bits per heavy atom. The lowest BCUT2D eigenvalue weighted by Crippen LogP contribution is -2.30. The van der Waals surface area contributed by atoms with E-state index < -0.39 is 6.10 Å². The summed E-state index contributed by atoms with van der Waals surface area (Å²) in [6.45, 7) is 6.40. The number of ether oxygens (including phenoxy) is 3. The van der Waals surface area contributed by atoms with Gasteiger partial charge in [0.1, 0.15) is 13.2 Å². The van der Waals surface area contributed by atoms with E-state index in [1.807, 2.05) is 0 Å². The van der Waals surface area contributed by atoms with Crippen LogP contribution in [0, 0.1) is 0 Å². The molecule has 1 atom stereocenters. The summed E-state index contributed by atoms with van der Waals surface area (Å²) in [7, 11) is 0. The van der Waals surface area contributed by atoms with Crippen LogP contribution < -0.4 is 0 Å². The molecule has 0 saturated carbocycles. The van der Waals surface area contributed by atoms with Gasteiger partial charge in [0.25, 0.3) is 0 Å². The van der Waals surface area contributed by atoms with E-state index in [0.717, 1.165) is 89.9 Å². The molecule has 0 spiro atoms. The van der Waals surface area contributed by atoms with E-state index in [2.05, 4.69) is 118 Å². The van der Waals surface area contributed by atoms with Crippen LogP contribution in [0.1, 0.15) is 226 Å². The highest BCUT2D eigenvalue weighted by Crippen LogP contribution is 2.12. The van der Waals surface area contributed by atoms with Crippen molar-refractivity contribution in [1.82, 2.24) is 0 Å². The van der Waals surface area contributed by atoms with Crippen molar-refractivity contribution < 1.29 is 28.6 Å². The highest BCUT2D eigenvalue weighted by molar-refractivity contribution is 5.71. The largest absolute Gasteiger partial charge is 0.462 e. The molecular formula is C57H94O6. The van der Waals surface area contributed by atoms with E-state index in [0.29, 0.717) is 19.3 Å². The van der Waals surface area contributed by atoms with E-state index in [1.54, 1.807) is 0 Å². The Labute approximate surface area is 387 Å². The lowest BCUT2D eigenvalue weighted by Gasteiger charge is -2.18. The fraction of sp³-hybridized carbons (Fsp3) is 0.667. The predicted molar refractivity (Wildman–Crippen MR) is 270 cm³/mol. The van der Waals surface area contributed by atoms with Crippen LogP contribution in [0.15, 0.2) is 97.2 Å². The van der Waals surface area contributed by atoms with E-state index >= 15 is 0 Å². The van der Waals surface area contributed by atoms with E-state index in [1.165, 1.54) is 83.5 Å². The van der Waals surface area contributed by atoms with Gasteiger partial charge in [-0.05, 0) is 116 Å². The molecule has 0 unspecified atom stereocenters. The van der Waals surface area contributed by atoms with Gasteiger partial charge in [-0.1, -0.05) is 189 Å². The summed E-state index contributed by atoms with van der Waals surface area (Å²) in [4.78, 5) is 37.9. The second-order valence-corrected chi connectivity index (χ2v) is 16.7. The number of unbranched alkanes of at least 4 members (excludes halogenated alkanes) is 18. The van der Waals surface area contributed by atoms with Crippen LogP contribution in [-0.4, -0.2) is 37.2 Å². The maximum atomic E-state index is 12.8. The Balaban J connectivity index is 4.55. The van der Waals surface area contributed by atoms with Crippen LogP contribution in [0.4, 0.5) is 0 Å². The Bertz CT molecular complexity index is 1280. The third kappa shape index (κ3) is 49.2. The van der Waals surface area contributed by atoms with E-state index in [9.17, 15) is 14.4 Å². The van der Waals surface area contributed by atoms with Crippen molar-refractivity contribution in [3.63, 3.8) is 0 Å². The Hall–Kier alpha value is -3.67. The zero-order valence-electron chi connectivity index (χ0n) is 40.8. The summed E-state index contributed by atoms with van der Waals surface area (Å²) in [5.41, 5.74) is 0. The number of allylic oxidation sites excluding steroid dienone is 16. The summed E-state index contributed by atoms with van der Waals surface area (Å²) >= 11 is 0. The molecule has 0 aliphatic rings. The first kappa shape index (κ1) is 59.3. The zero-order chi connectivity index (χ0) is 45.8. The van der Waals surface area contributed by atoms with E-state index in [4.69, 9.17) is 14.2 Å². The van der Waals surface area contributed by atoms with Gasteiger partial charge in [0.05, 0.1) is 0 Å². The van der Waals surface area contributed by atoms with Gasteiger partial charge in [-0.15, -0.1) is 0 Å². The van der Waals surface area contributed by atoms with Crippen LogP contribution >= 0.6 is 0 Å². The molecule has 0 rings (SSSR count). The molecule has 0 heterocycles. The molecule has 0 aliphatic carbocycles. The molecule has 0 aliphatic heterocycles. The molecule has 0 aromatic heterocycles. The number of carbonyl (C=O) groups is 3. The highest BCUT2D eigenvalue weighted by atomic mass is 16.6. The Kier molecular flexibility index (Phi) is 48.0. The molecule has 0 N–H and O–H groups in total. The number of esters is 3. The first-order valence-corrected chi connectivity index (χ1v) is 25.7. The first-order valence-electron chi connectivity index (χ1n) is 25.7. The smallest absolute Gasteiger partial charge is 0.306 e. The standard InChI is InChI=1S/C57H94O6/c1-4-7-10-13-16-19-22-25-27-28-30-32-35-38-41-44-47-50-56(59)62-53-54(52-61-55(58)49-46-43-40-37-34-31-24-21-18-15-12-9-6-3)63-57(60)51-48-45-42-39-36-33-29-26-23-20-17-14-11-8-5-2/h8,11,17,20-21,24-27,29-30,32,36,38-39,41,54H,4-7,9-10,12-16,18-19,22-23,28,31,33-35,37,40,42-53H2,1-3H3/b11-8-,20-17-,24-21-,27-25-,29-26-,32-30-,39-36-,41-38-/t54-/m0/s1. The van der Waals surface area contributed by atoms with Crippen LogP contribution in [0.3, 0.4) is 0 Å². The molecule has 0 bridgehead atoms. The van der Waals surface area contributed by atoms with Crippen molar-refractivity contribution in [2.75, 3.05) is 13.2 Å². The van der Waals surface area contributed by atoms with Crippen molar-refractivity contribution >= 4 is 17.9 Å². The average molecular weight is 875 g/mol. The number of hydrogen-bond acceptors (Lipinski definition) is 6. The van der Waals surface area contributed by atoms with Gasteiger partial charge in [-0.2, -0.15) is 0 Å². The molecule has 6 heteroatoms. The average Bonchev–Trinajstić information content (AvgIpc) is 3.28. The number of hydrogen-bond donors (Lipinski definition) is 0. The molecule has 0 saturated heterocycles. The van der Waals surface area contributed by atoms with Crippen LogP contribution in [-0.2, 0) is 28.6 Å². The first-order chi connectivity index (χ1) is 31.0. The van der Waals surface area contributed by atoms with Gasteiger partial charge < -0.3 is 14.2 Å². The second-order valence-electron chi connectivity index (χ2n) is 16.7.